The predicted octanol–water partition coefficient (Wildman–Crippen LogP) is 2.23. The highest BCUT2D eigenvalue weighted by atomic mass is 16.5. The normalized spacial score (nSPS) is 19.8. The molecule has 1 aliphatic carbocycles. The van der Waals surface area contributed by atoms with Crippen LogP contribution in [0.3, 0.4) is 0 Å². The molecule has 0 atom stereocenters. The third kappa shape index (κ3) is 3.75. The number of piperidine rings is 1. The second-order valence-electron chi connectivity index (χ2n) is 7.68. The van der Waals surface area contributed by atoms with Crippen LogP contribution < -0.4 is 5.73 Å². The van der Waals surface area contributed by atoms with E-state index >= 15 is 0 Å². The zero-order valence-corrected chi connectivity index (χ0v) is 15.7. The molecular weight excluding hydrogens is 344 g/mol. The first-order valence-corrected chi connectivity index (χ1v) is 9.57. The van der Waals surface area contributed by atoms with Crippen LogP contribution in [0.2, 0.25) is 0 Å². The molecule has 2 aliphatic rings. The maximum absolute atomic E-state index is 11.5. The molecule has 2 heterocycles. The van der Waals surface area contributed by atoms with Crippen molar-refractivity contribution in [1.82, 2.24) is 15.0 Å². The van der Waals surface area contributed by atoms with Gasteiger partial charge in [-0.25, -0.2) is 4.79 Å². The summed E-state index contributed by atoms with van der Waals surface area (Å²) in [5.74, 6) is 1.60. The number of likely N-dealkylation sites (tertiary alicyclic amines) is 1. The first-order chi connectivity index (χ1) is 13.1. The van der Waals surface area contributed by atoms with Crippen LogP contribution in [0.5, 0.6) is 0 Å². The Morgan fingerprint density at radius 2 is 2.00 bits per heavy atom. The van der Waals surface area contributed by atoms with Gasteiger partial charge in [-0.2, -0.15) is 4.98 Å². The molecule has 1 aliphatic heterocycles. The molecule has 1 saturated carbocycles. The lowest BCUT2D eigenvalue weighted by Gasteiger charge is -2.30. The first-order valence-electron chi connectivity index (χ1n) is 9.57. The van der Waals surface area contributed by atoms with Crippen LogP contribution in [0, 0.1) is 0 Å². The minimum absolute atomic E-state index is 0.0151. The number of nitrogens with zero attached hydrogens (tertiary/aromatic N) is 3. The molecule has 1 aromatic heterocycles. The van der Waals surface area contributed by atoms with Gasteiger partial charge in [0.15, 0.2) is 5.82 Å². The van der Waals surface area contributed by atoms with E-state index in [4.69, 9.17) is 15.0 Å². The summed E-state index contributed by atoms with van der Waals surface area (Å²) in [6.07, 6.45) is 4.15. The number of carbonyl (C=O) groups excluding carboxylic acids is 1. The van der Waals surface area contributed by atoms with Gasteiger partial charge in [0, 0.05) is 24.4 Å². The molecule has 0 bridgehead atoms. The van der Waals surface area contributed by atoms with Crippen molar-refractivity contribution in [2.75, 3.05) is 26.7 Å². The van der Waals surface area contributed by atoms with Crippen LogP contribution in [-0.2, 0) is 16.7 Å². The molecule has 1 saturated heterocycles. The summed E-state index contributed by atoms with van der Waals surface area (Å²) in [6, 6.07) is 7.62. The number of hydrogen-bond donors (Lipinski definition) is 1. The third-order valence-corrected chi connectivity index (χ3v) is 5.88. The zero-order valence-electron chi connectivity index (χ0n) is 15.7. The maximum atomic E-state index is 11.5. The van der Waals surface area contributed by atoms with E-state index in [0.29, 0.717) is 18.0 Å². The number of benzene rings is 1. The number of hydrogen-bond acceptors (Lipinski definition) is 7. The highest BCUT2D eigenvalue weighted by Gasteiger charge is 2.47. The molecule has 144 valence electrons. The topological polar surface area (TPSA) is 94.5 Å². The van der Waals surface area contributed by atoms with Crippen LogP contribution in [0.25, 0.3) is 0 Å². The lowest BCUT2D eigenvalue weighted by Crippen LogP contribution is -2.32. The summed E-state index contributed by atoms with van der Waals surface area (Å²) in [4.78, 5) is 18.6. The molecule has 7 nitrogen and oxygen atoms in total. The number of ether oxygens (including phenoxy) is 1. The van der Waals surface area contributed by atoms with E-state index in [1.807, 2.05) is 24.3 Å². The van der Waals surface area contributed by atoms with E-state index in [1.165, 1.54) is 12.7 Å². The van der Waals surface area contributed by atoms with E-state index in [2.05, 4.69) is 15.0 Å². The molecule has 2 fully saturated rings. The number of nitrogens with two attached hydrogens (primary N) is 1. The van der Waals surface area contributed by atoms with Gasteiger partial charge in [0.05, 0.1) is 12.7 Å². The smallest absolute Gasteiger partial charge is 0.337 e. The standard InChI is InChI=1S/C20H26N4O3/c1-26-18(25)16-4-2-14(3-5-16)12-24-10-6-15(7-11-24)17-22-19(23-27-17)20(13-21)8-9-20/h2-5,15H,6-13,21H2,1H3. The summed E-state index contributed by atoms with van der Waals surface area (Å²) < 4.78 is 10.3. The third-order valence-electron chi connectivity index (χ3n) is 5.88. The van der Waals surface area contributed by atoms with Crippen LogP contribution >= 0.6 is 0 Å². The second-order valence-corrected chi connectivity index (χ2v) is 7.68. The molecule has 0 amide bonds. The number of esters is 1. The van der Waals surface area contributed by atoms with Gasteiger partial charge < -0.3 is 15.0 Å². The van der Waals surface area contributed by atoms with Gasteiger partial charge >= 0.3 is 5.97 Å². The Labute approximate surface area is 158 Å². The average molecular weight is 370 g/mol. The van der Waals surface area contributed by atoms with Gasteiger partial charge in [0.2, 0.25) is 5.89 Å². The van der Waals surface area contributed by atoms with Gasteiger partial charge in [-0.1, -0.05) is 17.3 Å². The Balaban J connectivity index is 1.31. The minimum atomic E-state index is -0.302. The first kappa shape index (κ1) is 18.1. The van der Waals surface area contributed by atoms with Gasteiger partial charge in [-0.05, 0) is 56.5 Å². The number of carbonyl (C=O) groups is 1. The van der Waals surface area contributed by atoms with Crippen molar-refractivity contribution >= 4 is 5.97 Å². The molecule has 0 radical (unpaired) electrons. The van der Waals surface area contributed by atoms with Crippen molar-refractivity contribution in [2.45, 2.75) is 43.6 Å². The largest absolute Gasteiger partial charge is 0.465 e. The molecule has 1 aromatic carbocycles. The van der Waals surface area contributed by atoms with E-state index in [0.717, 1.165) is 57.0 Å². The van der Waals surface area contributed by atoms with Crippen molar-refractivity contribution in [3.8, 4) is 0 Å². The Morgan fingerprint density at radius 1 is 1.30 bits per heavy atom. The highest BCUT2D eigenvalue weighted by Crippen LogP contribution is 2.46. The van der Waals surface area contributed by atoms with E-state index in [-0.39, 0.29) is 11.4 Å². The van der Waals surface area contributed by atoms with Crippen LogP contribution in [0.1, 0.15) is 59.2 Å². The molecule has 27 heavy (non-hydrogen) atoms. The summed E-state index contributed by atoms with van der Waals surface area (Å²) in [5.41, 5.74) is 7.62. The average Bonchev–Trinajstić information content (AvgIpc) is 3.36. The highest BCUT2D eigenvalue weighted by molar-refractivity contribution is 5.89. The van der Waals surface area contributed by atoms with Gasteiger partial charge in [-0.15, -0.1) is 0 Å². The molecule has 2 aromatic rings. The second kappa shape index (κ2) is 7.40. The fourth-order valence-electron chi connectivity index (χ4n) is 3.75. The fraction of sp³-hybridized carbons (Fsp3) is 0.550. The lowest BCUT2D eigenvalue weighted by atomic mass is 9.96. The summed E-state index contributed by atoms with van der Waals surface area (Å²) in [7, 11) is 1.40. The fourth-order valence-corrected chi connectivity index (χ4v) is 3.75. The summed E-state index contributed by atoms with van der Waals surface area (Å²) in [6.45, 7) is 3.45. The van der Waals surface area contributed by atoms with Crippen molar-refractivity contribution in [1.29, 1.82) is 0 Å². The molecule has 2 N–H and O–H groups in total. The van der Waals surface area contributed by atoms with Crippen molar-refractivity contribution < 1.29 is 14.1 Å². The molecule has 0 spiro atoms. The predicted molar refractivity (Wildman–Crippen MR) is 99.3 cm³/mol. The molecule has 0 unspecified atom stereocenters. The molecular formula is C20H26N4O3. The zero-order chi connectivity index (χ0) is 18.9. The summed E-state index contributed by atoms with van der Waals surface area (Å²) >= 11 is 0. The van der Waals surface area contributed by atoms with Gasteiger partial charge in [-0.3, -0.25) is 4.90 Å². The number of aromatic nitrogens is 2. The van der Waals surface area contributed by atoms with Gasteiger partial charge in [0.1, 0.15) is 0 Å². The van der Waals surface area contributed by atoms with Crippen LogP contribution in [0.15, 0.2) is 28.8 Å². The Hall–Kier alpha value is -2.25. The monoisotopic (exact) mass is 370 g/mol. The Bertz CT molecular complexity index is 790. The minimum Gasteiger partial charge on any atom is -0.465 e. The van der Waals surface area contributed by atoms with Crippen molar-refractivity contribution in [3.05, 3.63) is 47.1 Å². The molecule has 4 rings (SSSR count). The molecule has 7 heteroatoms. The van der Waals surface area contributed by atoms with E-state index in [9.17, 15) is 4.79 Å². The van der Waals surface area contributed by atoms with Crippen LogP contribution in [0.4, 0.5) is 0 Å². The summed E-state index contributed by atoms with van der Waals surface area (Å²) in [5, 5.41) is 4.20. The number of rotatable bonds is 6. The lowest BCUT2D eigenvalue weighted by molar-refractivity contribution is 0.0600. The Morgan fingerprint density at radius 3 is 2.59 bits per heavy atom. The van der Waals surface area contributed by atoms with Gasteiger partial charge in [0.25, 0.3) is 0 Å². The maximum Gasteiger partial charge on any atom is 0.337 e. The van der Waals surface area contributed by atoms with E-state index < -0.39 is 0 Å². The van der Waals surface area contributed by atoms with E-state index in [1.54, 1.807) is 0 Å². The SMILES string of the molecule is COC(=O)c1ccc(CN2CCC(c3nc(C4(CN)CC4)no3)CC2)cc1. The van der Waals surface area contributed by atoms with Crippen molar-refractivity contribution in [2.24, 2.45) is 5.73 Å². The quantitative estimate of drug-likeness (QED) is 0.779. The van der Waals surface area contributed by atoms with Crippen molar-refractivity contribution in [3.63, 3.8) is 0 Å². The van der Waals surface area contributed by atoms with Crippen LogP contribution in [-0.4, -0.2) is 47.8 Å². The Kier molecular flexibility index (Phi) is 4.97. The number of methoxy groups -OCH3 is 1.